The van der Waals surface area contributed by atoms with E-state index in [9.17, 15) is 9.59 Å². The van der Waals surface area contributed by atoms with Crippen molar-refractivity contribution in [1.29, 1.82) is 0 Å². The first-order chi connectivity index (χ1) is 15.5. The molecule has 7 nitrogen and oxygen atoms in total. The van der Waals surface area contributed by atoms with Crippen LogP contribution in [0.3, 0.4) is 0 Å². The summed E-state index contributed by atoms with van der Waals surface area (Å²) in [4.78, 5) is 36.3. The molecule has 2 saturated heterocycles. The normalized spacial score (nSPS) is 19.4. The standard InChI is InChI=1S/C25H32N4O3/c1-3-29-24(31)28(13-5-8-21-7-4-12-26-18-21)23(30)25(29)10-14-27(15-11-25)19-20(2)17-22-9-6-16-32-22/h4,6-7,9,12,16-18H,3,5,8,10-11,13-15,19H2,1-2H3. The van der Waals surface area contributed by atoms with Crippen LogP contribution >= 0.6 is 0 Å². The summed E-state index contributed by atoms with van der Waals surface area (Å²) in [5.74, 6) is 0.838. The Morgan fingerprint density at radius 1 is 1.22 bits per heavy atom. The number of likely N-dealkylation sites (N-methyl/N-ethyl adjacent to an activating group) is 1. The van der Waals surface area contributed by atoms with Crippen LogP contribution in [0.2, 0.25) is 0 Å². The summed E-state index contributed by atoms with van der Waals surface area (Å²) in [6.45, 7) is 7.50. The van der Waals surface area contributed by atoms with Crippen LogP contribution in [0.1, 0.15) is 44.4 Å². The summed E-state index contributed by atoms with van der Waals surface area (Å²) < 4.78 is 5.40. The van der Waals surface area contributed by atoms with Crippen LogP contribution in [-0.4, -0.2) is 69.9 Å². The summed E-state index contributed by atoms with van der Waals surface area (Å²) in [7, 11) is 0. The van der Waals surface area contributed by atoms with Gasteiger partial charge in [-0.1, -0.05) is 11.6 Å². The summed E-state index contributed by atoms with van der Waals surface area (Å²) in [5, 5.41) is 0. The quantitative estimate of drug-likeness (QED) is 0.588. The van der Waals surface area contributed by atoms with Crippen molar-refractivity contribution >= 4 is 18.0 Å². The number of amides is 3. The van der Waals surface area contributed by atoms with Gasteiger partial charge in [0.25, 0.3) is 5.91 Å². The van der Waals surface area contributed by atoms with Crippen molar-refractivity contribution < 1.29 is 14.0 Å². The summed E-state index contributed by atoms with van der Waals surface area (Å²) >= 11 is 0. The first-order valence-corrected chi connectivity index (χ1v) is 11.5. The Balaban J connectivity index is 1.37. The number of carbonyl (C=O) groups is 2. The van der Waals surface area contributed by atoms with E-state index in [1.165, 1.54) is 10.5 Å². The monoisotopic (exact) mass is 436 g/mol. The van der Waals surface area contributed by atoms with Crippen molar-refractivity contribution in [3.8, 4) is 0 Å². The molecule has 0 atom stereocenters. The molecule has 3 amide bonds. The number of pyridine rings is 1. The molecule has 0 N–H and O–H groups in total. The fraction of sp³-hybridized carbons (Fsp3) is 0.480. The van der Waals surface area contributed by atoms with Crippen LogP contribution in [0, 0.1) is 0 Å². The molecule has 0 saturated carbocycles. The number of furan rings is 1. The Kier molecular flexibility index (Phi) is 6.74. The van der Waals surface area contributed by atoms with E-state index in [-0.39, 0.29) is 11.9 Å². The zero-order valence-corrected chi connectivity index (χ0v) is 19.0. The maximum Gasteiger partial charge on any atom is 0.327 e. The number of hydrogen-bond acceptors (Lipinski definition) is 5. The second-order valence-electron chi connectivity index (χ2n) is 8.76. The van der Waals surface area contributed by atoms with Gasteiger partial charge in [-0.25, -0.2) is 4.79 Å². The number of nitrogens with zero attached hydrogens (tertiary/aromatic N) is 4. The highest BCUT2D eigenvalue weighted by molar-refractivity contribution is 6.07. The average Bonchev–Trinajstić information content (AvgIpc) is 3.37. The molecule has 2 aliphatic rings. The number of piperidine rings is 1. The van der Waals surface area contributed by atoms with Gasteiger partial charge in [0.2, 0.25) is 0 Å². The van der Waals surface area contributed by atoms with Crippen LogP contribution in [0.4, 0.5) is 4.79 Å². The molecule has 4 rings (SSSR count). The minimum atomic E-state index is -0.685. The lowest BCUT2D eigenvalue weighted by Crippen LogP contribution is -2.56. The first kappa shape index (κ1) is 22.3. The third kappa shape index (κ3) is 4.48. The molecule has 0 bridgehead atoms. The highest BCUT2D eigenvalue weighted by Crippen LogP contribution is 2.37. The largest absolute Gasteiger partial charge is 0.465 e. The molecule has 0 unspecified atom stereocenters. The highest BCUT2D eigenvalue weighted by Gasteiger charge is 2.57. The average molecular weight is 437 g/mol. The highest BCUT2D eigenvalue weighted by atomic mass is 16.3. The Morgan fingerprint density at radius 3 is 2.69 bits per heavy atom. The molecule has 2 aromatic heterocycles. The first-order valence-electron chi connectivity index (χ1n) is 11.5. The Bertz CT molecular complexity index is 947. The number of imide groups is 1. The smallest absolute Gasteiger partial charge is 0.327 e. The Hall–Kier alpha value is -2.93. The Morgan fingerprint density at radius 2 is 2.03 bits per heavy atom. The van der Waals surface area contributed by atoms with Crippen molar-refractivity contribution in [2.75, 3.05) is 32.7 Å². The third-order valence-corrected chi connectivity index (χ3v) is 6.60. The molecule has 0 radical (unpaired) electrons. The lowest BCUT2D eigenvalue weighted by atomic mass is 9.85. The fourth-order valence-corrected chi connectivity index (χ4v) is 4.98. The molecule has 1 spiro atoms. The predicted molar refractivity (Wildman–Crippen MR) is 123 cm³/mol. The summed E-state index contributed by atoms with van der Waals surface area (Å²) in [6, 6.07) is 7.63. The molecule has 0 aliphatic carbocycles. The van der Waals surface area contributed by atoms with E-state index in [0.717, 1.165) is 43.8 Å². The van der Waals surface area contributed by atoms with Gasteiger partial charge in [0, 0.05) is 45.1 Å². The second-order valence-corrected chi connectivity index (χ2v) is 8.76. The molecule has 170 valence electrons. The van der Waals surface area contributed by atoms with Crippen LogP contribution in [0.5, 0.6) is 0 Å². The molecule has 2 aromatic rings. The van der Waals surface area contributed by atoms with E-state index in [2.05, 4.69) is 22.9 Å². The van der Waals surface area contributed by atoms with Gasteiger partial charge in [0.1, 0.15) is 11.3 Å². The number of likely N-dealkylation sites (tertiary alicyclic amines) is 1. The molecule has 2 fully saturated rings. The van der Waals surface area contributed by atoms with E-state index in [4.69, 9.17) is 4.42 Å². The molecule has 7 heteroatoms. The molecule has 32 heavy (non-hydrogen) atoms. The number of aryl methyl sites for hydroxylation is 1. The minimum absolute atomic E-state index is 0.0157. The number of hydrogen-bond donors (Lipinski definition) is 0. The van der Waals surface area contributed by atoms with Gasteiger partial charge < -0.3 is 9.32 Å². The summed E-state index contributed by atoms with van der Waals surface area (Å²) in [5.41, 5.74) is 1.66. The lowest BCUT2D eigenvalue weighted by molar-refractivity contribution is -0.135. The molecular formula is C25H32N4O3. The van der Waals surface area contributed by atoms with Crippen LogP contribution in [0.15, 0.2) is 52.9 Å². The predicted octanol–water partition coefficient (Wildman–Crippen LogP) is 3.83. The van der Waals surface area contributed by atoms with Crippen molar-refractivity contribution in [3.63, 3.8) is 0 Å². The molecule has 2 aliphatic heterocycles. The molecule has 4 heterocycles. The number of aromatic nitrogens is 1. The van der Waals surface area contributed by atoms with Gasteiger partial charge in [-0.05, 0) is 69.4 Å². The number of carbonyl (C=O) groups excluding carboxylic acids is 2. The second kappa shape index (κ2) is 9.69. The SMILES string of the molecule is CCN1C(=O)N(CCCc2cccnc2)C(=O)C12CCN(CC(C)=Cc1ccco1)CC2. The fourth-order valence-electron chi connectivity index (χ4n) is 4.98. The van der Waals surface area contributed by atoms with E-state index in [0.29, 0.717) is 25.9 Å². The van der Waals surface area contributed by atoms with Crippen LogP contribution in [-0.2, 0) is 11.2 Å². The van der Waals surface area contributed by atoms with Crippen molar-refractivity contribution in [2.45, 2.75) is 45.1 Å². The third-order valence-electron chi connectivity index (χ3n) is 6.60. The van der Waals surface area contributed by atoms with E-state index in [1.807, 2.05) is 42.3 Å². The van der Waals surface area contributed by atoms with E-state index in [1.54, 1.807) is 12.5 Å². The van der Waals surface area contributed by atoms with E-state index < -0.39 is 5.54 Å². The van der Waals surface area contributed by atoms with Gasteiger partial charge >= 0.3 is 6.03 Å². The number of urea groups is 1. The van der Waals surface area contributed by atoms with E-state index >= 15 is 0 Å². The van der Waals surface area contributed by atoms with Gasteiger partial charge in [0.15, 0.2) is 0 Å². The zero-order chi connectivity index (χ0) is 22.6. The zero-order valence-electron chi connectivity index (χ0n) is 19.0. The summed E-state index contributed by atoms with van der Waals surface area (Å²) in [6.07, 6.45) is 10.2. The molecular weight excluding hydrogens is 404 g/mol. The Labute approximate surface area is 189 Å². The maximum absolute atomic E-state index is 13.5. The van der Waals surface area contributed by atoms with Crippen molar-refractivity contribution in [1.82, 2.24) is 19.7 Å². The van der Waals surface area contributed by atoms with Crippen molar-refractivity contribution in [2.24, 2.45) is 0 Å². The topological polar surface area (TPSA) is 69.9 Å². The minimum Gasteiger partial charge on any atom is -0.465 e. The van der Waals surface area contributed by atoms with Crippen LogP contribution < -0.4 is 0 Å². The lowest BCUT2D eigenvalue weighted by Gasteiger charge is -2.42. The van der Waals surface area contributed by atoms with Crippen molar-refractivity contribution in [3.05, 3.63) is 59.8 Å². The van der Waals surface area contributed by atoms with Gasteiger partial charge in [-0.3, -0.25) is 19.6 Å². The number of rotatable bonds is 8. The van der Waals surface area contributed by atoms with Gasteiger partial charge in [-0.2, -0.15) is 0 Å². The van der Waals surface area contributed by atoms with Gasteiger partial charge in [-0.15, -0.1) is 0 Å². The molecule has 0 aromatic carbocycles. The maximum atomic E-state index is 13.5. The van der Waals surface area contributed by atoms with Gasteiger partial charge in [0.05, 0.1) is 6.26 Å². The van der Waals surface area contributed by atoms with Crippen LogP contribution in [0.25, 0.3) is 6.08 Å².